The van der Waals surface area contributed by atoms with E-state index in [0.717, 1.165) is 5.56 Å². The molecule has 0 aliphatic carbocycles. The SMILES string of the molecule is C=C(C)C(=O)NCC(=O)N[C@@H](Cc1ccccc1)C(=O)O.CC(C)C[C@H](N)C(=O)NCC(=O)O.Cl. The lowest BCUT2D eigenvalue weighted by atomic mass is 10.0. The van der Waals surface area contributed by atoms with Crippen molar-refractivity contribution >= 4 is 42.1 Å². The molecule has 0 radical (unpaired) electrons. The van der Waals surface area contributed by atoms with Crippen LogP contribution in [0, 0.1) is 5.92 Å². The summed E-state index contributed by atoms with van der Waals surface area (Å²) in [6, 6.07) is 7.33. The van der Waals surface area contributed by atoms with Crippen LogP contribution in [0.4, 0.5) is 0 Å². The molecule has 196 valence electrons. The van der Waals surface area contributed by atoms with E-state index < -0.39 is 41.7 Å². The van der Waals surface area contributed by atoms with E-state index in [1.54, 1.807) is 24.3 Å². The van der Waals surface area contributed by atoms with Crippen LogP contribution >= 0.6 is 12.4 Å². The van der Waals surface area contributed by atoms with Crippen LogP contribution in [-0.4, -0.2) is 65.0 Å². The fraction of sp³-hybridized carbons (Fsp3) is 0.435. The molecule has 0 aliphatic rings. The highest BCUT2D eigenvalue weighted by Crippen LogP contribution is 2.04. The first-order chi connectivity index (χ1) is 15.8. The third-order valence-corrected chi connectivity index (χ3v) is 4.19. The molecular formula is C23H35ClN4O7. The number of carbonyl (C=O) groups excluding carboxylic acids is 3. The van der Waals surface area contributed by atoms with Gasteiger partial charge in [-0.25, -0.2) is 4.79 Å². The minimum Gasteiger partial charge on any atom is -0.480 e. The summed E-state index contributed by atoms with van der Waals surface area (Å²) in [5.74, 6) is -3.28. The van der Waals surface area contributed by atoms with Crippen LogP contribution in [0.3, 0.4) is 0 Å². The van der Waals surface area contributed by atoms with Gasteiger partial charge in [0.05, 0.1) is 12.6 Å². The van der Waals surface area contributed by atoms with Crippen molar-refractivity contribution in [3.05, 3.63) is 48.0 Å². The maximum absolute atomic E-state index is 11.7. The second kappa shape index (κ2) is 18.0. The monoisotopic (exact) mass is 514 g/mol. The van der Waals surface area contributed by atoms with Crippen molar-refractivity contribution in [1.82, 2.24) is 16.0 Å². The van der Waals surface area contributed by atoms with E-state index in [-0.39, 0.29) is 37.5 Å². The predicted octanol–water partition coefficient (Wildman–Crippen LogP) is 0.473. The van der Waals surface area contributed by atoms with E-state index in [1.807, 2.05) is 19.9 Å². The second-order valence-corrected chi connectivity index (χ2v) is 7.96. The Morgan fingerprint density at radius 3 is 2.03 bits per heavy atom. The van der Waals surface area contributed by atoms with Crippen molar-refractivity contribution in [3.8, 4) is 0 Å². The molecule has 0 heterocycles. The molecule has 2 atom stereocenters. The number of aliphatic carboxylic acids is 2. The maximum Gasteiger partial charge on any atom is 0.326 e. The van der Waals surface area contributed by atoms with Crippen LogP contribution in [0.2, 0.25) is 0 Å². The van der Waals surface area contributed by atoms with Gasteiger partial charge in [0, 0.05) is 12.0 Å². The largest absolute Gasteiger partial charge is 0.480 e. The van der Waals surface area contributed by atoms with Gasteiger partial charge in [-0.3, -0.25) is 19.2 Å². The lowest BCUT2D eigenvalue weighted by molar-refractivity contribution is -0.141. The van der Waals surface area contributed by atoms with Gasteiger partial charge in [-0.1, -0.05) is 50.8 Å². The molecule has 11 nitrogen and oxygen atoms in total. The Kier molecular flexibility index (Phi) is 17.3. The predicted molar refractivity (Wildman–Crippen MR) is 133 cm³/mol. The number of halogens is 1. The molecule has 1 aromatic carbocycles. The van der Waals surface area contributed by atoms with Crippen LogP contribution in [0.15, 0.2) is 42.5 Å². The standard InChI is InChI=1S/C15H18N2O4.C8H16N2O3.ClH/c1-10(2)14(19)16-9-13(18)17-12(15(20)21)8-11-6-4-3-5-7-11;1-5(2)3-6(9)8(13)10-4-7(11)12;/h3-7,12H,1,8-9H2,2H3,(H,16,19)(H,17,18)(H,20,21);5-6H,3-4,9H2,1-2H3,(H,10,13)(H,11,12);1H/t12-;6-;/m00./s1. The number of rotatable bonds is 12. The number of carbonyl (C=O) groups is 5. The van der Waals surface area contributed by atoms with E-state index in [0.29, 0.717) is 12.3 Å². The molecule has 0 aliphatic heterocycles. The molecule has 1 rings (SSSR count). The highest BCUT2D eigenvalue weighted by Gasteiger charge is 2.20. The van der Waals surface area contributed by atoms with Crippen molar-refractivity contribution in [2.45, 2.75) is 45.7 Å². The smallest absolute Gasteiger partial charge is 0.326 e. The average Bonchev–Trinajstić information content (AvgIpc) is 2.75. The number of amides is 3. The van der Waals surface area contributed by atoms with Gasteiger partial charge in [-0.2, -0.15) is 0 Å². The first kappa shape index (κ1) is 33.7. The molecule has 0 fully saturated rings. The Morgan fingerprint density at radius 2 is 1.57 bits per heavy atom. The Bertz CT molecular complexity index is 863. The van der Waals surface area contributed by atoms with Gasteiger partial charge in [0.1, 0.15) is 12.6 Å². The first-order valence-electron chi connectivity index (χ1n) is 10.6. The summed E-state index contributed by atoms with van der Waals surface area (Å²) in [4.78, 5) is 55.3. The minimum absolute atomic E-state index is 0. The molecule has 3 amide bonds. The molecule has 0 aromatic heterocycles. The van der Waals surface area contributed by atoms with E-state index in [2.05, 4.69) is 22.5 Å². The average molecular weight is 515 g/mol. The van der Waals surface area contributed by atoms with E-state index in [4.69, 9.17) is 15.9 Å². The van der Waals surface area contributed by atoms with Gasteiger partial charge in [0.2, 0.25) is 17.7 Å². The summed E-state index contributed by atoms with van der Waals surface area (Å²) in [6.07, 6.45) is 0.738. The number of nitrogens with one attached hydrogen (secondary N) is 3. The summed E-state index contributed by atoms with van der Waals surface area (Å²) >= 11 is 0. The Morgan fingerprint density at radius 1 is 1.00 bits per heavy atom. The number of carboxylic acid groups (broad SMARTS) is 2. The van der Waals surface area contributed by atoms with Gasteiger partial charge in [-0.05, 0) is 24.8 Å². The Balaban J connectivity index is 0. The van der Waals surface area contributed by atoms with Crippen molar-refractivity contribution in [2.75, 3.05) is 13.1 Å². The van der Waals surface area contributed by atoms with Gasteiger partial charge in [-0.15, -0.1) is 12.4 Å². The van der Waals surface area contributed by atoms with E-state index >= 15 is 0 Å². The van der Waals surface area contributed by atoms with Crippen molar-refractivity contribution in [1.29, 1.82) is 0 Å². The Hall–Kier alpha value is -3.44. The van der Waals surface area contributed by atoms with Gasteiger partial charge in [0.15, 0.2) is 0 Å². The summed E-state index contributed by atoms with van der Waals surface area (Å²) in [6.45, 7) is 8.20. The molecule has 0 saturated carbocycles. The fourth-order valence-electron chi connectivity index (χ4n) is 2.52. The number of hydrogen-bond acceptors (Lipinski definition) is 6. The summed E-state index contributed by atoms with van der Waals surface area (Å²) in [5, 5.41) is 24.4. The van der Waals surface area contributed by atoms with Crippen molar-refractivity contribution in [2.24, 2.45) is 11.7 Å². The van der Waals surface area contributed by atoms with Gasteiger partial charge in [0.25, 0.3) is 0 Å². The molecule has 0 saturated heterocycles. The van der Waals surface area contributed by atoms with Crippen LogP contribution < -0.4 is 21.7 Å². The maximum atomic E-state index is 11.7. The molecule has 0 bridgehead atoms. The molecule has 0 unspecified atom stereocenters. The molecule has 0 spiro atoms. The van der Waals surface area contributed by atoms with E-state index in [1.165, 1.54) is 6.92 Å². The quantitative estimate of drug-likeness (QED) is 0.217. The van der Waals surface area contributed by atoms with Crippen LogP contribution in [-0.2, 0) is 30.4 Å². The summed E-state index contributed by atoms with van der Waals surface area (Å²) in [7, 11) is 0. The zero-order valence-electron chi connectivity index (χ0n) is 20.1. The van der Waals surface area contributed by atoms with Gasteiger partial charge < -0.3 is 31.9 Å². The van der Waals surface area contributed by atoms with Crippen molar-refractivity contribution in [3.63, 3.8) is 0 Å². The van der Waals surface area contributed by atoms with Crippen LogP contribution in [0.25, 0.3) is 0 Å². The number of hydrogen-bond donors (Lipinski definition) is 6. The zero-order chi connectivity index (χ0) is 26.3. The normalized spacial score (nSPS) is 11.5. The topological polar surface area (TPSA) is 188 Å². The van der Waals surface area contributed by atoms with Crippen molar-refractivity contribution < 1.29 is 34.2 Å². The molecular weight excluding hydrogens is 480 g/mol. The molecule has 12 heteroatoms. The lowest BCUT2D eigenvalue weighted by Gasteiger charge is -2.15. The number of carboxylic acids is 2. The summed E-state index contributed by atoms with van der Waals surface area (Å²) in [5.41, 5.74) is 6.58. The molecule has 1 aromatic rings. The minimum atomic E-state index is -1.13. The summed E-state index contributed by atoms with van der Waals surface area (Å²) < 4.78 is 0. The zero-order valence-corrected chi connectivity index (χ0v) is 20.9. The third-order valence-electron chi connectivity index (χ3n) is 4.19. The van der Waals surface area contributed by atoms with E-state index in [9.17, 15) is 24.0 Å². The van der Waals surface area contributed by atoms with Gasteiger partial charge >= 0.3 is 11.9 Å². The number of nitrogens with two attached hydrogens (primary N) is 1. The first-order valence-corrected chi connectivity index (χ1v) is 10.6. The lowest BCUT2D eigenvalue weighted by Crippen LogP contribution is -2.46. The molecule has 35 heavy (non-hydrogen) atoms. The second-order valence-electron chi connectivity index (χ2n) is 7.96. The fourth-order valence-corrected chi connectivity index (χ4v) is 2.52. The highest BCUT2D eigenvalue weighted by molar-refractivity contribution is 5.95. The Labute approximate surface area is 210 Å². The number of benzene rings is 1. The highest BCUT2D eigenvalue weighted by atomic mass is 35.5. The molecule has 7 N–H and O–H groups in total. The van der Waals surface area contributed by atoms with Crippen LogP contribution in [0.5, 0.6) is 0 Å². The third kappa shape index (κ3) is 16.8. The van der Waals surface area contributed by atoms with Crippen LogP contribution in [0.1, 0.15) is 32.8 Å².